The van der Waals surface area contributed by atoms with Crippen LogP contribution in [0.3, 0.4) is 0 Å². The van der Waals surface area contributed by atoms with Gasteiger partial charge < -0.3 is 9.84 Å². The fourth-order valence-electron chi connectivity index (χ4n) is 1.74. The van der Waals surface area contributed by atoms with Gasteiger partial charge in [0.2, 0.25) is 0 Å². The lowest BCUT2D eigenvalue weighted by Gasteiger charge is -2.11. The largest absolute Gasteiger partial charge is 0.478 e. The van der Waals surface area contributed by atoms with Gasteiger partial charge in [-0.15, -0.1) is 0 Å². The number of aromatic carboxylic acids is 1. The van der Waals surface area contributed by atoms with Gasteiger partial charge in [0.15, 0.2) is 0 Å². The SMILES string of the molecule is O=C(Nc1ncc(C(F)(F)F)cc1C(=O)O)OCc1ccccc1. The second-order valence-electron chi connectivity index (χ2n) is 4.61. The summed E-state index contributed by atoms with van der Waals surface area (Å²) in [7, 11) is 0. The minimum atomic E-state index is -4.75. The normalized spacial score (nSPS) is 11.0. The van der Waals surface area contributed by atoms with E-state index >= 15 is 0 Å². The maximum Gasteiger partial charge on any atom is 0.417 e. The first-order valence-electron chi connectivity index (χ1n) is 6.55. The van der Waals surface area contributed by atoms with E-state index in [0.29, 0.717) is 17.8 Å². The zero-order valence-electron chi connectivity index (χ0n) is 12.0. The van der Waals surface area contributed by atoms with Gasteiger partial charge in [-0.2, -0.15) is 13.2 Å². The highest BCUT2D eigenvalue weighted by Crippen LogP contribution is 2.30. The summed E-state index contributed by atoms with van der Waals surface area (Å²) in [6, 6.07) is 9.03. The van der Waals surface area contributed by atoms with E-state index in [4.69, 9.17) is 9.84 Å². The third kappa shape index (κ3) is 4.45. The number of carboxylic acid groups (broad SMARTS) is 1. The smallest absolute Gasteiger partial charge is 0.417 e. The van der Waals surface area contributed by atoms with Crippen molar-refractivity contribution in [3.05, 3.63) is 59.3 Å². The minimum absolute atomic E-state index is 0.0876. The van der Waals surface area contributed by atoms with Crippen LogP contribution in [0.25, 0.3) is 0 Å². The molecule has 0 saturated carbocycles. The second kappa shape index (κ2) is 6.99. The van der Waals surface area contributed by atoms with Crippen molar-refractivity contribution in [2.45, 2.75) is 12.8 Å². The minimum Gasteiger partial charge on any atom is -0.478 e. The van der Waals surface area contributed by atoms with Crippen molar-refractivity contribution in [2.24, 2.45) is 0 Å². The number of carboxylic acids is 1. The molecule has 1 aromatic heterocycles. The molecule has 0 unspecified atom stereocenters. The molecule has 0 atom stereocenters. The van der Waals surface area contributed by atoms with Crippen molar-refractivity contribution in [3.8, 4) is 0 Å². The molecule has 0 fully saturated rings. The maximum atomic E-state index is 12.6. The highest BCUT2D eigenvalue weighted by atomic mass is 19.4. The summed E-state index contributed by atoms with van der Waals surface area (Å²) >= 11 is 0. The molecule has 2 N–H and O–H groups in total. The number of carbonyl (C=O) groups excluding carboxylic acids is 1. The zero-order chi connectivity index (χ0) is 17.7. The number of ether oxygens (including phenoxy) is 1. The van der Waals surface area contributed by atoms with Gasteiger partial charge in [-0.1, -0.05) is 30.3 Å². The van der Waals surface area contributed by atoms with Gasteiger partial charge in [0.1, 0.15) is 18.0 Å². The lowest BCUT2D eigenvalue weighted by Crippen LogP contribution is -2.18. The predicted molar refractivity (Wildman–Crippen MR) is 76.4 cm³/mol. The van der Waals surface area contributed by atoms with E-state index < -0.39 is 35.2 Å². The van der Waals surface area contributed by atoms with Crippen LogP contribution in [0.5, 0.6) is 0 Å². The molecule has 2 rings (SSSR count). The average molecular weight is 340 g/mol. The number of nitrogens with one attached hydrogen (secondary N) is 1. The number of hydrogen-bond acceptors (Lipinski definition) is 4. The van der Waals surface area contributed by atoms with E-state index in [1.807, 2.05) is 5.32 Å². The third-order valence-electron chi connectivity index (χ3n) is 2.88. The molecule has 0 aliphatic carbocycles. The number of hydrogen-bond donors (Lipinski definition) is 2. The van der Waals surface area contributed by atoms with E-state index in [-0.39, 0.29) is 6.61 Å². The quantitative estimate of drug-likeness (QED) is 0.889. The van der Waals surface area contributed by atoms with Crippen LogP contribution in [-0.4, -0.2) is 22.2 Å². The number of rotatable bonds is 4. The molecular formula is C15H11F3N2O4. The summed E-state index contributed by atoms with van der Waals surface area (Å²) in [5.41, 5.74) is -1.34. The van der Waals surface area contributed by atoms with Gasteiger partial charge in [-0.3, -0.25) is 5.32 Å². The Kier molecular flexibility index (Phi) is 5.02. The zero-order valence-corrected chi connectivity index (χ0v) is 12.0. The lowest BCUT2D eigenvalue weighted by molar-refractivity contribution is -0.137. The summed E-state index contributed by atoms with van der Waals surface area (Å²) in [6.07, 6.45) is -5.35. The van der Waals surface area contributed by atoms with E-state index in [1.54, 1.807) is 30.3 Å². The fraction of sp³-hybridized carbons (Fsp3) is 0.133. The van der Waals surface area contributed by atoms with Crippen molar-refractivity contribution < 1.29 is 32.6 Å². The summed E-state index contributed by atoms with van der Waals surface area (Å²) in [5, 5.41) is 11.0. The Morgan fingerprint density at radius 1 is 1.21 bits per heavy atom. The number of benzene rings is 1. The Labute approximate surface area is 133 Å². The summed E-state index contributed by atoms with van der Waals surface area (Å²) in [4.78, 5) is 26.1. The lowest BCUT2D eigenvalue weighted by atomic mass is 10.2. The van der Waals surface area contributed by atoms with Crippen molar-refractivity contribution in [1.29, 1.82) is 0 Å². The highest BCUT2D eigenvalue weighted by Gasteiger charge is 2.32. The number of carbonyl (C=O) groups is 2. The van der Waals surface area contributed by atoms with E-state index in [1.165, 1.54) is 0 Å². The van der Waals surface area contributed by atoms with Crippen molar-refractivity contribution in [3.63, 3.8) is 0 Å². The summed E-state index contributed by atoms with van der Waals surface area (Å²) in [6.45, 7) is -0.0876. The summed E-state index contributed by atoms with van der Waals surface area (Å²) in [5.74, 6) is -2.19. The number of pyridine rings is 1. The molecule has 1 heterocycles. The highest BCUT2D eigenvalue weighted by molar-refractivity contribution is 5.97. The van der Waals surface area contributed by atoms with Crippen molar-refractivity contribution in [2.75, 3.05) is 5.32 Å². The standard InChI is InChI=1S/C15H11F3N2O4/c16-15(17,18)10-6-11(13(21)22)12(19-7-10)20-14(23)24-8-9-4-2-1-3-5-9/h1-7H,8H2,(H,21,22)(H,19,20,23). The molecule has 1 aromatic carbocycles. The van der Waals surface area contributed by atoms with Gasteiger partial charge >= 0.3 is 18.2 Å². The van der Waals surface area contributed by atoms with Crippen LogP contribution in [0.15, 0.2) is 42.6 Å². The maximum absolute atomic E-state index is 12.6. The van der Waals surface area contributed by atoms with Crippen LogP contribution >= 0.6 is 0 Å². The predicted octanol–water partition coefficient (Wildman–Crippen LogP) is 3.55. The first-order chi connectivity index (χ1) is 11.3. The third-order valence-corrected chi connectivity index (χ3v) is 2.88. The van der Waals surface area contributed by atoms with Crippen LogP contribution in [0, 0.1) is 0 Å². The monoisotopic (exact) mass is 340 g/mol. The van der Waals surface area contributed by atoms with Crippen LogP contribution in [0.1, 0.15) is 21.5 Å². The van der Waals surface area contributed by atoms with Gasteiger partial charge in [-0.05, 0) is 11.6 Å². The molecule has 9 heteroatoms. The molecule has 0 spiro atoms. The van der Waals surface area contributed by atoms with E-state index in [2.05, 4.69) is 4.98 Å². The van der Waals surface area contributed by atoms with Gasteiger partial charge in [0.25, 0.3) is 0 Å². The molecule has 0 radical (unpaired) electrons. The Morgan fingerprint density at radius 2 is 1.88 bits per heavy atom. The Hall–Kier alpha value is -3.10. The molecule has 0 aliphatic heterocycles. The molecule has 126 valence electrons. The van der Waals surface area contributed by atoms with E-state index in [0.717, 1.165) is 0 Å². The van der Waals surface area contributed by atoms with Gasteiger partial charge in [-0.25, -0.2) is 14.6 Å². The molecule has 24 heavy (non-hydrogen) atoms. The Balaban J connectivity index is 2.11. The number of aromatic nitrogens is 1. The molecule has 6 nitrogen and oxygen atoms in total. The molecule has 1 amide bonds. The van der Waals surface area contributed by atoms with Gasteiger partial charge in [0, 0.05) is 6.20 Å². The topological polar surface area (TPSA) is 88.5 Å². The molecule has 0 aliphatic rings. The molecule has 2 aromatic rings. The Bertz CT molecular complexity index is 748. The van der Waals surface area contributed by atoms with E-state index in [9.17, 15) is 22.8 Å². The van der Waals surface area contributed by atoms with Crippen LogP contribution in [-0.2, 0) is 17.5 Å². The van der Waals surface area contributed by atoms with Crippen molar-refractivity contribution >= 4 is 17.9 Å². The number of nitrogens with zero attached hydrogens (tertiary/aromatic N) is 1. The first kappa shape index (κ1) is 17.3. The first-order valence-corrected chi connectivity index (χ1v) is 6.55. The number of amides is 1. The van der Waals surface area contributed by atoms with Crippen LogP contribution in [0.2, 0.25) is 0 Å². The van der Waals surface area contributed by atoms with Crippen LogP contribution in [0.4, 0.5) is 23.8 Å². The van der Waals surface area contributed by atoms with Crippen molar-refractivity contribution in [1.82, 2.24) is 4.98 Å². The average Bonchev–Trinajstić information content (AvgIpc) is 2.53. The summed E-state index contributed by atoms with van der Waals surface area (Å²) < 4.78 is 42.6. The van der Waals surface area contributed by atoms with Crippen LogP contribution < -0.4 is 5.32 Å². The number of alkyl halides is 3. The van der Waals surface area contributed by atoms with Gasteiger partial charge in [0.05, 0.1) is 5.56 Å². The second-order valence-corrected chi connectivity index (χ2v) is 4.61. The molecule has 0 saturated heterocycles. The fourth-order valence-corrected chi connectivity index (χ4v) is 1.74. The molecular weight excluding hydrogens is 329 g/mol. The number of halogens is 3. The number of anilines is 1. The Morgan fingerprint density at radius 3 is 2.46 bits per heavy atom. The molecule has 0 bridgehead atoms.